The second-order valence-corrected chi connectivity index (χ2v) is 3.88. The molecular formula is C12H13N5. The van der Waals surface area contributed by atoms with Gasteiger partial charge in [-0.15, -0.1) is 10.2 Å². The predicted molar refractivity (Wildman–Crippen MR) is 65.5 cm³/mol. The lowest BCUT2D eigenvalue weighted by Crippen LogP contribution is -2.06. The molecule has 0 saturated carbocycles. The largest absolute Gasteiger partial charge is 0.330 e. The van der Waals surface area contributed by atoms with Crippen LogP contribution in [0.5, 0.6) is 0 Å². The zero-order chi connectivity index (χ0) is 11.7. The Hall–Kier alpha value is -2.14. The second kappa shape index (κ2) is 4.03. The maximum absolute atomic E-state index is 5.53. The molecule has 0 aliphatic carbocycles. The Balaban J connectivity index is 2.08. The minimum atomic E-state index is 0.570. The summed E-state index contributed by atoms with van der Waals surface area (Å²) < 4.78 is 1.88. The van der Waals surface area contributed by atoms with Crippen LogP contribution in [-0.4, -0.2) is 26.4 Å². The molecule has 0 aliphatic rings. The first-order valence-corrected chi connectivity index (χ1v) is 5.57. The SMILES string of the molecule is NCCc1nnc2cc(-c3ccccc3)[nH]n12. The third kappa shape index (κ3) is 1.70. The highest BCUT2D eigenvalue weighted by molar-refractivity contribution is 5.63. The summed E-state index contributed by atoms with van der Waals surface area (Å²) in [6, 6.07) is 12.1. The number of rotatable bonds is 3. The monoisotopic (exact) mass is 227 g/mol. The number of aromatic nitrogens is 4. The molecule has 86 valence electrons. The molecule has 0 radical (unpaired) electrons. The van der Waals surface area contributed by atoms with Crippen molar-refractivity contribution in [1.82, 2.24) is 19.8 Å². The molecule has 2 heterocycles. The van der Waals surface area contributed by atoms with Crippen molar-refractivity contribution < 1.29 is 0 Å². The lowest BCUT2D eigenvalue weighted by Gasteiger charge is -1.97. The summed E-state index contributed by atoms with van der Waals surface area (Å²) in [6.07, 6.45) is 0.718. The van der Waals surface area contributed by atoms with Crippen molar-refractivity contribution in [3.8, 4) is 11.3 Å². The lowest BCUT2D eigenvalue weighted by atomic mass is 10.2. The summed E-state index contributed by atoms with van der Waals surface area (Å²) >= 11 is 0. The Morgan fingerprint density at radius 1 is 1.18 bits per heavy atom. The van der Waals surface area contributed by atoms with Gasteiger partial charge in [-0.2, -0.15) is 0 Å². The summed E-state index contributed by atoms with van der Waals surface area (Å²) in [5.41, 5.74) is 8.53. The van der Waals surface area contributed by atoms with E-state index >= 15 is 0 Å². The van der Waals surface area contributed by atoms with Crippen LogP contribution in [0.15, 0.2) is 36.4 Å². The van der Waals surface area contributed by atoms with Gasteiger partial charge in [0.25, 0.3) is 0 Å². The first-order chi connectivity index (χ1) is 8.38. The first kappa shape index (κ1) is 10.0. The van der Waals surface area contributed by atoms with Crippen molar-refractivity contribution in [3.63, 3.8) is 0 Å². The van der Waals surface area contributed by atoms with Crippen molar-refractivity contribution in [2.45, 2.75) is 6.42 Å². The van der Waals surface area contributed by atoms with E-state index in [-0.39, 0.29) is 0 Å². The summed E-state index contributed by atoms with van der Waals surface area (Å²) in [4.78, 5) is 0. The van der Waals surface area contributed by atoms with E-state index in [4.69, 9.17) is 5.73 Å². The Bertz CT molecular complexity index is 623. The molecule has 0 aliphatic heterocycles. The molecule has 3 aromatic rings. The molecule has 0 amide bonds. The molecule has 0 fully saturated rings. The van der Waals surface area contributed by atoms with Crippen LogP contribution >= 0.6 is 0 Å². The van der Waals surface area contributed by atoms with Gasteiger partial charge in [0.05, 0.1) is 5.69 Å². The molecule has 2 aromatic heterocycles. The Morgan fingerprint density at radius 3 is 2.76 bits per heavy atom. The Kier molecular flexibility index (Phi) is 2.38. The van der Waals surface area contributed by atoms with Gasteiger partial charge >= 0.3 is 0 Å². The molecule has 17 heavy (non-hydrogen) atoms. The topological polar surface area (TPSA) is 72.0 Å². The van der Waals surface area contributed by atoms with E-state index in [9.17, 15) is 0 Å². The molecule has 0 unspecified atom stereocenters. The summed E-state index contributed by atoms with van der Waals surface area (Å²) in [5, 5.41) is 11.5. The minimum absolute atomic E-state index is 0.570. The van der Waals surface area contributed by atoms with Crippen molar-refractivity contribution in [2.24, 2.45) is 5.73 Å². The van der Waals surface area contributed by atoms with Crippen LogP contribution in [0.25, 0.3) is 16.9 Å². The summed E-state index contributed by atoms with van der Waals surface area (Å²) in [6.45, 7) is 0.570. The number of fused-ring (bicyclic) bond motifs is 1. The molecule has 5 heteroatoms. The quantitative estimate of drug-likeness (QED) is 0.706. The maximum atomic E-state index is 5.53. The number of aromatic amines is 1. The molecular weight excluding hydrogens is 214 g/mol. The number of hydrogen-bond acceptors (Lipinski definition) is 3. The second-order valence-electron chi connectivity index (χ2n) is 3.88. The average molecular weight is 227 g/mol. The molecule has 5 nitrogen and oxygen atoms in total. The first-order valence-electron chi connectivity index (χ1n) is 5.57. The lowest BCUT2D eigenvalue weighted by molar-refractivity contribution is 0.800. The number of H-pyrrole nitrogens is 1. The van der Waals surface area contributed by atoms with E-state index in [0.717, 1.165) is 29.1 Å². The fourth-order valence-corrected chi connectivity index (χ4v) is 1.88. The fourth-order valence-electron chi connectivity index (χ4n) is 1.88. The van der Waals surface area contributed by atoms with Crippen LogP contribution in [0.3, 0.4) is 0 Å². The van der Waals surface area contributed by atoms with Crippen molar-refractivity contribution in [2.75, 3.05) is 6.54 Å². The van der Waals surface area contributed by atoms with E-state index in [1.807, 2.05) is 28.8 Å². The third-order valence-corrected chi connectivity index (χ3v) is 2.71. The molecule has 1 aromatic carbocycles. The summed E-state index contributed by atoms with van der Waals surface area (Å²) in [7, 11) is 0. The van der Waals surface area contributed by atoms with Gasteiger partial charge in [0, 0.05) is 12.5 Å². The zero-order valence-electron chi connectivity index (χ0n) is 9.30. The highest BCUT2D eigenvalue weighted by Crippen LogP contribution is 2.18. The smallest absolute Gasteiger partial charge is 0.177 e. The molecule has 3 rings (SSSR count). The van der Waals surface area contributed by atoms with Crippen LogP contribution in [0.1, 0.15) is 5.82 Å². The number of nitrogens with two attached hydrogens (primary N) is 1. The highest BCUT2D eigenvalue weighted by Gasteiger charge is 2.08. The van der Waals surface area contributed by atoms with Gasteiger partial charge in [-0.1, -0.05) is 30.3 Å². The van der Waals surface area contributed by atoms with Gasteiger partial charge in [-0.05, 0) is 12.1 Å². The molecule has 0 saturated heterocycles. The van der Waals surface area contributed by atoms with Crippen molar-refractivity contribution >= 4 is 5.65 Å². The fraction of sp³-hybridized carbons (Fsp3) is 0.167. The molecule has 0 spiro atoms. The van der Waals surface area contributed by atoms with E-state index < -0.39 is 0 Å². The highest BCUT2D eigenvalue weighted by atomic mass is 15.4. The van der Waals surface area contributed by atoms with Crippen molar-refractivity contribution in [1.29, 1.82) is 0 Å². The minimum Gasteiger partial charge on any atom is -0.330 e. The maximum Gasteiger partial charge on any atom is 0.177 e. The Morgan fingerprint density at radius 2 is 2.00 bits per heavy atom. The van der Waals surface area contributed by atoms with E-state index in [0.29, 0.717) is 6.54 Å². The number of hydrogen-bond donors (Lipinski definition) is 2. The number of nitrogens with one attached hydrogen (secondary N) is 1. The normalized spacial score (nSPS) is 11.1. The van der Waals surface area contributed by atoms with Gasteiger partial charge in [0.15, 0.2) is 11.5 Å². The summed E-state index contributed by atoms with van der Waals surface area (Å²) in [5.74, 6) is 0.865. The average Bonchev–Trinajstić information content (AvgIpc) is 2.93. The predicted octanol–water partition coefficient (Wildman–Crippen LogP) is 1.23. The van der Waals surface area contributed by atoms with Gasteiger partial charge in [0.1, 0.15) is 0 Å². The van der Waals surface area contributed by atoms with Gasteiger partial charge < -0.3 is 5.73 Å². The van der Waals surface area contributed by atoms with Gasteiger partial charge in [0.2, 0.25) is 0 Å². The van der Waals surface area contributed by atoms with Crippen LogP contribution in [0, 0.1) is 0 Å². The van der Waals surface area contributed by atoms with Gasteiger partial charge in [-0.3, -0.25) is 5.10 Å². The number of nitrogens with zero attached hydrogens (tertiary/aromatic N) is 3. The Labute approximate surface area is 98.3 Å². The molecule has 0 atom stereocenters. The van der Waals surface area contributed by atoms with Gasteiger partial charge in [-0.25, -0.2) is 4.52 Å². The molecule has 0 bridgehead atoms. The van der Waals surface area contributed by atoms with Crippen LogP contribution < -0.4 is 5.73 Å². The van der Waals surface area contributed by atoms with E-state index in [1.165, 1.54) is 0 Å². The standard InChI is InChI=1S/C12H13N5/c13-7-6-11-14-15-12-8-10(16-17(11)12)9-4-2-1-3-5-9/h1-5,8,16H,6-7,13H2. The van der Waals surface area contributed by atoms with Crippen LogP contribution in [0.4, 0.5) is 0 Å². The number of benzene rings is 1. The van der Waals surface area contributed by atoms with Crippen molar-refractivity contribution in [3.05, 3.63) is 42.2 Å². The zero-order valence-corrected chi connectivity index (χ0v) is 9.30. The van der Waals surface area contributed by atoms with Crippen LogP contribution in [-0.2, 0) is 6.42 Å². The van der Waals surface area contributed by atoms with Crippen LogP contribution in [0.2, 0.25) is 0 Å². The van der Waals surface area contributed by atoms with E-state index in [1.54, 1.807) is 0 Å². The molecule has 3 N–H and O–H groups in total. The van der Waals surface area contributed by atoms with E-state index in [2.05, 4.69) is 27.4 Å². The third-order valence-electron chi connectivity index (χ3n) is 2.71.